The minimum absolute atomic E-state index is 0.000676. The number of hydrogen-bond donors (Lipinski definition) is 1. The Bertz CT molecular complexity index is 530. The molecule has 0 unspecified atom stereocenters. The molecule has 2 rings (SSSR count). The topological polar surface area (TPSA) is 58.6 Å². The predicted molar refractivity (Wildman–Crippen MR) is 81.0 cm³/mol. The first-order chi connectivity index (χ1) is 10.0. The molecule has 5 nitrogen and oxygen atoms in total. The number of ether oxygens (including phenoxy) is 1. The number of likely N-dealkylation sites (tertiary alicyclic amines) is 1. The van der Waals surface area contributed by atoms with Gasteiger partial charge in [0.2, 0.25) is 11.8 Å². The van der Waals surface area contributed by atoms with Gasteiger partial charge >= 0.3 is 0 Å². The van der Waals surface area contributed by atoms with Gasteiger partial charge in [-0.1, -0.05) is 12.1 Å². The summed E-state index contributed by atoms with van der Waals surface area (Å²) < 4.78 is 5.07. The van der Waals surface area contributed by atoms with Gasteiger partial charge < -0.3 is 15.0 Å². The Balaban J connectivity index is 1.97. The Morgan fingerprint density at radius 2 is 2.29 bits per heavy atom. The molecule has 5 heteroatoms. The molecular weight excluding hydrogens is 268 g/mol. The molecule has 1 aliphatic heterocycles. The zero-order valence-corrected chi connectivity index (χ0v) is 12.8. The number of nitrogens with zero attached hydrogens (tertiary/aromatic N) is 1. The molecule has 0 aromatic heterocycles. The van der Waals surface area contributed by atoms with Gasteiger partial charge in [-0.25, -0.2) is 0 Å². The van der Waals surface area contributed by atoms with Gasteiger partial charge in [0.15, 0.2) is 0 Å². The van der Waals surface area contributed by atoms with Crippen LogP contribution < -0.4 is 5.32 Å². The Hall–Kier alpha value is -1.88. The monoisotopic (exact) mass is 290 g/mol. The van der Waals surface area contributed by atoms with E-state index in [1.165, 1.54) is 0 Å². The first-order valence-electron chi connectivity index (χ1n) is 7.17. The van der Waals surface area contributed by atoms with Crippen molar-refractivity contribution in [2.24, 2.45) is 5.92 Å². The number of carbonyl (C=O) groups excluding carboxylic acids is 2. The van der Waals surface area contributed by atoms with Crippen molar-refractivity contribution >= 4 is 17.5 Å². The molecule has 114 valence electrons. The summed E-state index contributed by atoms with van der Waals surface area (Å²) in [5.74, 6) is -0.373. The van der Waals surface area contributed by atoms with Crippen LogP contribution in [0.15, 0.2) is 24.3 Å². The quantitative estimate of drug-likeness (QED) is 0.900. The van der Waals surface area contributed by atoms with E-state index in [1.807, 2.05) is 38.1 Å². The van der Waals surface area contributed by atoms with Crippen LogP contribution in [0.4, 0.5) is 5.69 Å². The van der Waals surface area contributed by atoms with Crippen molar-refractivity contribution in [3.8, 4) is 0 Å². The second-order valence-electron chi connectivity index (χ2n) is 5.61. The van der Waals surface area contributed by atoms with E-state index in [0.717, 1.165) is 11.3 Å². The molecule has 0 spiro atoms. The molecule has 1 aliphatic rings. The first kappa shape index (κ1) is 15.5. The minimum Gasteiger partial charge on any atom is -0.383 e. The highest BCUT2D eigenvalue weighted by Crippen LogP contribution is 2.22. The summed E-state index contributed by atoms with van der Waals surface area (Å²) in [5.41, 5.74) is 1.86. The van der Waals surface area contributed by atoms with Gasteiger partial charge in [-0.2, -0.15) is 0 Å². The lowest BCUT2D eigenvalue weighted by molar-refractivity contribution is -0.130. The number of rotatable bonds is 5. The number of nitrogens with one attached hydrogen (secondary N) is 1. The molecule has 1 saturated heterocycles. The molecule has 1 aromatic carbocycles. The number of carbonyl (C=O) groups is 2. The summed E-state index contributed by atoms with van der Waals surface area (Å²) in [4.78, 5) is 26.0. The van der Waals surface area contributed by atoms with E-state index < -0.39 is 0 Å². The fourth-order valence-electron chi connectivity index (χ4n) is 2.63. The summed E-state index contributed by atoms with van der Waals surface area (Å²) in [6, 6.07) is 7.65. The summed E-state index contributed by atoms with van der Waals surface area (Å²) in [5, 5.41) is 2.89. The highest BCUT2D eigenvalue weighted by Gasteiger charge is 2.36. The van der Waals surface area contributed by atoms with Crippen LogP contribution >= 0.6 is 0 Å². The van der Waals surface area contributed by atoms with E-state index in [4.69, 9.17) is 4.74 Å². The minimum atomic E-state index is -0.294. The van der Waals surface area contributed by atoms with Gasteiger partial charge in [0.05, 0.1) is 18.6 Å². The normalized spacial score (nSPS) is 19.7. The van der Waals surface area contributed by atoms with Crippen LogP contribution in [0, 0.1) is 12.8 Å². The number of methoxy groups -OCH3 is 1. The Morgan fingerprint density at radius 1 is 1.52 bits per heavy atom. The lowest BCUT2D eigenvalue weighted by atomic mass is 10.1. The fourth-order valence-corrected chi connectivity index (χ4v) is 2.63. The fraction of sp³-hybridized carbons (Fsp3) is 0.500. The summed E-state index contributed by atoms with van der Waals surface area (Å²) in [6.45, 7) is 4.85. The predicted octanol–water partition coefficient (Wildman–Crippen LogP) is 1.82. The number of aryl methyl sites for hydroxylation is 1. The average molecular weight is 290 g/mol. The number of amides is 2. The second-order valence-corrected chi connectivity index (χ2v) is 5.61. The molecule has 0 saturated carbocycles. The van der Waals surface area contributed by atoms with Crippen LogP contribution in [0.5, 0.6) is 0 Å². The van der Waals surface area contributed by atoms with Gasteiger partial charge in [-0.15, -0.1) is 0 Å². The Morgan fingerprint density at radius 3 is 2.95 bits per heavy atom. The van der Waals surface area contributed by atoms with Gasteiger partial charge in [0, 0.05) is 25.8 Å². The molecule has 0 radical (unpaired) electrons. The van der Waals surface area contributed by atoms with Crippen molar-refractivity contribution in [1.29, 1.82) is 0 Å². The smallest absolute Gasteiger partial charge is 0.229 e. The second kappa shape index (κ2) is 6.72. The first-order valence-corrected chi connectivity index (χ1v) is 7.17. The van der Waals surface area contributed by atoms with Gasteiger partial charge in [0.25, 0.3) is 0 Å². The van der Waals surface area contributed by atoms with Crippen molar-refractivity contribution < 1.29 is 14.3 Å². The van der Waals surface area contributed by atoms with E-state index in [-0.39, 0.29) is 30.2 Å². The molecule has 2 atom stereocenters. The lowest BCUT2D eigenvalue weighted by Gasteiger charge is -2.23. The third-order valence-electron chi connectivity index (χ3n) is 3.75. The Labute approximate surface area is 125 Å². The third-order valence-corrected chi connectivity index (χ3v) is 3.75. The van der Waals surface area contributed by atoms with Crippen LogP contribution in [0.3, 0.4) is 0 Å². The Kier molecular flexibility index (Phi) is 4.96. The van der Waals surface area contributed by atoms with E-state index in [1.54, 1.807) is 12.0 Å². The molecule has 0 bridgehead atoms. The molecule has 21 heavy (non-hydrogen) atoms. The maximum atomic E-state index is 12.3. The van der Waals surface area contributed by atoms with Crippen LogP contribution in [-0.4, -0.2) is 43.0 Å². The summed E-state index contributed by atoms with van der Waals surface area (Å²) in [6.07, 6.45) is 0.270. The van der Waals surface area contributed by atoms with Crippen LogP contribution in [0.1, 0.15) is 18.9 Å². The SMILES string of the molecule is COC[C@@H](C)N1C[C@H](C(=O)Nc2cccc(C)c2)CC1=O. The zero-order chi connectivity index (χ0) is 15.4. The summed E-state index contributed by atoms with van der Waals surface area (Å²) in [7, 11) is 1.61. The van der Waals surface area contributed by atoms with E-state index >= 15 is 0 Å². The lowest BCUT2D eigenvalue weighted by Crippen LogP contribution is -2.38. The largest absolute Gasteiger partial charge is 0.383 e. The standard InChI is InChI=1S/C16H22N2O3/c1-11-5-4-6-14(7-11)17-16(20)13-8-15(19)18(9-13)12(2)10-21-3/h4-7,12-13H,8-10H2,1-3H3,(H,17,20)/t12-,13-/m1/s1. The summed E-state index contributed by atoms with van der Waals surface area (Å²) >= 11 is 0. The van der Waals surface area contributed by atoms with Crippen LogP contribution in [0.2, 0.25) is 0 Å². The van der Waals surface area contributed by atoms with Crippen molar-refractivity contribution in [1.82, 2.24) is 4.90 Å². The number of hydrogen-bond acceptors (Lipinski definition) is 3. The molecule has 0 aliphatic carbocycles. The average Bonchev–Trinajstić information content (AvgIpc) is 2.81. The number of benzene rings is 1. The van der Waals surface area contributed by atoms with E-state index in [0.29, 0.717) is 13.2 Å². The molecule has 1 heterocycles. The molecular formula is C16H22N2O3. The molecule has 1 fully saturated rings. The van der Waals surface area contributed by atoms with E-state index in [9.17, 15) is 9.59 Å². The van der Waals surface area contributed by atoms with Gasteiger partial charge in [-0.3, -0.25) is 9.59 Å². The highest BCUT2D eigenvalue weighted by molar-refractivity contribution is 5.97. The molecule has 1 aromatic rings. The molecule has 1 N–H and O–H groups in total. The van der Waals surface area contributed by atoms with Crippen molar-refractivity contribution in [3.05, 3.63) is 29.8 Å². The number of anilines is 1. The van der Waals surface area contributed by atoms with Crippen LogP contribution in [-0.2, 0) is 14.3 Å². The van der Waals surface area contributed by atoms with Crippen molar-refractivity contribution in [3.63, 3.8) is 0 Å². The third kappa shape index (κ3) is 3.82. The zero-order valence-electron chi connectivity index (χ0n) is 12.8. The maximum absolute atomic E-state index is 12.3. The van der Waals surface area contributed by atoms with Gasteiger partial charge in [0.1, 0.15) is 0 Å². The maximum Gasteiger partial charge on any atom is 0.229 e. The van der Waals surface area contributed by atoms with E-state index in [2.05, 4.69) is 5.32 Å². The van der Waals surface area contributed by atoms with Crippen LogP contribution in [0.25, 0.3) is 0 Å². The van der Waals surface area contributed by atoms with Crippen molar-refractivity contribution in [2.45, 2.75) is 26.3 Å². The van der Waals surface area contributed by atoms with Gasteiger partial charge in [-0.05, 0) is 31.5 Å². The van der Waals surface area contributed by atoms with Crippen molar-refractivity contribution in [2.75, 3.05) is 25.6 Å². The molecule has 2 amide bonds. The highest BCUT2D eigenvalue weighted by atomic mass is 16.5.